The van der Waals surface area contributed by atoms with Crippen LogP contribution >= 0.6 is 11.6 Å². The van der Waals surface area contributed by atoms with Crippen LogP contribution in [0.4, 0.5) is 22.7 Å². The van der Waals surface area contributed by atoms with Crippen LogP contribution < -0.4 is 30.7 Å². The molecular formula is C44H34ClN9O4. The highest BCUT2D eigenvalue weighted by Crippen LogP contribution is 2.44. The maximum Gasteiger partial charge on any atom is 0.256 e. The molecule has 0 saturated carbocycles. The lowest BCUT2D eigenvalue weighted by atomic mass is 9.96. The van der Waals surface area contributed by atoms with E-state index >= 15 is 0 Å². The summed E-state index contributed by atoms with van der Waals surface area (Å²) in [5.74, 6) is 0.669. The summed E-state index contributed by atoms with van der Waals surface area (Å²) in [5.41, 5.74) is 14.0. The minimum Gasteiger partial charge on any atom is -0.474 e. The zero-order valence-corrected chi connectivity index (χ0v) is 32.0. The first-order chi connectivity index (χ1) is 28.2. The summed E-state index contributed by atoms with van der Waals surface area (Å²) in [4.78, 5) is 41.8. The summed E-state index contributed by atoms with van der Waals surface area (Å²) < 4.78 is 12.1. The lowest BCUT2D eigenvalue weighted by Crippen LogP contribution is -2.33. The van der Waals surface area contributed by atoms with Crippen molar-refractivity contribution in [2.24, 2.45) is 0 Å². The SMILES string of the molecule is Cc1c(-c2cc(Cl)c3c(c2)/C(=C/c2cc(CC4CNc5c(ncc(-c6ccc7c(c6)/C(=C/c6cc(C#N)c[nH]6)C(=O)N7)c5C)O4)c[nH]2)C(=O)N3)cnc2c1NCCO2. The highest BCUT2D eigenvalue weighted by Gasteiger charge is 2.30. The van der Waals surface area contributed by atoms with Crippen molar-refractivity contribution in [2.75, 3.05) is 41.0 Å². The van der Waals surface area contributed by atoms with E-state index in [0.29, 0.717) is 71.0 Å². The number of aromatic amines is 2. The lowest BCUT2D eigenvalue weighted by Gasteiger charge is -2.28. The summed E-state index contributed by atoms with van der Waals surface area (Å²) in [6.07, 6.45) is 11.1. The minimum atomic E-state index is -0.230. The zero-order chi connectivity index (χ0) is 39.7. The third kappa shape index (κ3) is 6.02. The van der Waals surface area contributed by atoms with Gasteiger partial charge < -0.3 is 40.7 Å². The number of nitriles is 1. The van der Waals surface area contributed by atoms with Crippen molar-refractivity contribution in [3.05, 3.63) is 117 Å². The second kappa shape index (κ2) is 13.7. The summed E-state index contributed by atoms with van der Waals surface area (Å²) in [6.45, 7) is 5.87. The first-order valence-corrected chi connectivity index (χ1v) is 19.2. The van der Waals surface area contributed by atoms with Crippen LogP contribution in [0.25, 0.3) is 45.6 Å². The number of ether oxygens (including phenoxy) is 2. The van der Waals surface area contributed by atoms with Crippen LogP contribution in [0.3, 0.4) is 0 Å². The monoisotopic (exact) mass is 787 g/mol. The first-order valence-electron chi connectivity index (χ1n) is 18.8. The van der Waals surface area contributed by atoms with Gasteiger partial charge in [-0.05, 0) is 90.2 Å². The summed E-state index contributed by atoms with van der Waals surface area (Å²) >= 11 is 6.75. The highest BCUT2D eigenvalue weighted by molar-refractivity contribution is 6.41. The molecule has 286 valence electrons. The molecule has 6 aromatic rings. The maximum atomic E-state index is 13.3. The molecule has 10 rings (SSSR count). The Balaban J connectivity index is 0.862. The van der Waals surface area contributed by atoms with E-state index in [1.54, 1.807) is 30.7 Å². The molecule has 1 atom stereocenters. The number of H-pyrrole nitrogens is 2. The fourth-order valence-corrected chi connectivity index (χ4v) is 8.32. The third-order valence-corrected chi connectivity index (χ3v) is 11.3. The molecule has 0 fully saturated rings. The molecule has 0 saturated heterocycles. The molecule has 2 amide bonds. The molecule has 4 aromatic heterocycles. The molecule has 14 heteroatoms. The molecule has 2 aromatic carbocycles. The van der Waals surface area contributed by atoms with Crippen LogP contribution in [-0.4, -0.2) is 57.6 Å². The van der Waals surface area contributed by atoms with Gasteiger partial charge in [-0.15, -0.1) is 0 Å². The molecule has 4 aliphatic heterocycles. The Bertz CT molecular complexity index is 2860. The Morgan fingerprint density at radius 3 is 2.33 bits per heavy atom. The molecule has 6 N–H and O–H groups in total. The average Bonchev–Trinajstić information content (AvgIpc) is 4.02. The van der Waals surface area contributed by atoms with Crippen molar-refractivity contribution in [3.63, 3.8) is 0 Å². The second-order valence-electron chi connectivity index (χ2n) is 14.6. The van der Waals surface area contributed by atoms with Crippen LogP contribution in [-0.2, 0) is 16.0 Å². The first kappa shape index (κ1) is 35.1. The Morgan fingerprint density at radius 1 is 0.810 bits per heavy atom. The van der Waals surface area contributed by atoms with Gasteiger partial charge in [0.2, 0.25) is 11.8 Å². The number of aromatic nitrogens is 4. The van der Waals surface area contributed by atoms with Crippen molar-refractivity contribution in [2.45, 2.75) is 26.4 Å². The molecule has 0 radical (unpaired) electrons. The van der Waals surface area contributed by atoms with Crippen LogP contribution in [0.15, 0.2) is 67.3 Å². The molecule has 58 heavy (non-hydrogen) atoms. The maximum absolute atomic E-state index is 13.3. The highest BCUT2D eigenvalue weighted by atomic mass is 35.5. The lowest BCUT2D eigenvalue weighted by molar-refractivity contribution is -0.111. The van der Waals surface area contributed by atoms with E-state index in [2.05, 4.69) is 42.3 Å². The summed E-state index contributed by atoms with van der Waals surface area (Å²) in [5, 5.41) is 22.5. The Hall–Kier alpha value is -7.30. The van der Waals surface area contributed by atoms with E-state index in [9.17, 15) is 14.9 Å². The smallest absolute Gasteiger partial charge is 0.256 e. The number of hydrogen-bond acceptors (Lipinski definition) is 9. The van der Waals surface area contributed by atoms with E-state index < -0.39 is 0 Å². The van der Waals surface area contributed by atoms with Crippen LogP contribution in [0, 0.1) is 25.2 Å². The Morgan fingerprint density at radius 2 is 1.52 bits per heavy atom. The van der Waals surface area contributed by atoms with Crippen LogP contribution in [0.5, 0.6) is 11.8 Å². The normalized spacial score (nSPS) is 17.5. The van der Waals surface area contributed by atoms with Gasteiger partial charge in [0.05, 0.1) is 34.0 Å². The molecule has 0 aliphatic carbocycles. The van der Waals surface area contributed by atoms with Crippen LogP contribution in [0.1, 0.15) is 44.8 Å². The zero-order valence-electron chi connectivity index (χ0n) is 31.3. The number of nitrogens with one attached hydrogen (secondary N) is 6. The molecule has 13 nitrogen and oxygen atoms in total. The number of halogens is 1. The minimum absolute atomic E-state index is 0.189. The second-order valence-corrected chi connectivity index (χ2v) is 15.0. The van der Waals surface area contributed by atoms with Crippen molar-refractivity contribution in [1.29, 1.82) is 5.26 Å². The number of amides is 2. The number of hydrogen-bond donors (Lipinski definition) is 6. The number of carbonyl (C=O) groups is 2. The van der Waals surface area contributed by atoms with Gasteiger partial charge in [0, 0.05) is 77.1 Å². The van der Waals surface area contributed by atoms with E-state index in [-0.39, 0.29) is 17.9 Å². The van der Waals surface area contributed by atoms with Crippen molar-refractivity contribution in [1.82, 2.24) is 19.9 Å². The largest absolute Gasteiger partial charge is 0.474 e. The number of fused-ring (bicyclic) bond motifs is 4. The quantitative estimate of drug-likeness (QED) is 0.0918. The average molecular weight is 788 g/mol. The van der Waals surface area contributed by atoms with Crippen LogP contribution in [0.2, 0.25) is 5.02 Å². The molecule has 1 unspecified atom stereocenters. The number of nitrogens with zero attached hydrogens (tertiary/aromatic N) is 3. The molecule has 0 bridgehead atoms. The standard InChI is InChI=1S/C44H34ClN9O4/c1-21-34(25-3-4-37-30(10-25)32(41(55)53-37)13-28-8-24(15-46)17-49-28)19-52-44-39(21)50-18-29(58-44)9-23-7-27(48-16-23)14-33-31-11-26(12-36(45)40(31)54-42(33)56)35-20-51-43-38(22(35)2)47-5-6-57-43/h3-4,7-8,10-14,16-17,19-20,29,47-50H,5-6,9,18H2,1-2H3,(H,53,55)(H,54,56)/b32-13-,33-14-. The van der Waals surface area contributed by atoms with Crippen molar-refractivity contribution in [3.8, 4) is 40.1 Å². The fourth-order valence-electron chi connectivity index (χ4n) is 8.05. The van der Waals surface area contributed by atoms with Crippen molar-refractivity contribution < 1.29 is 19.1 Å². The van der Waals surface area contributed by atoms with Gasteiger partial charge in [-0.1, -0.05) is 17.7 Å². The topological polar surface area (TPSA) is 182 Å². The number of anilines is 4. The van der Waals surface area contributed by atoms with Crippen molar-refractivity contribution >= 4 is 69.5 Å². The molecule has 8 heterocycles. The molecule has 0 spiro atoms. The number of benzene rings is 2. The van der Waals surface area contributed by atoms with Gasteiger partial charge in [0.1, 0.15) is 30.2 Å². The molecular weight excluding hydrogens is 754 g/mol. The van der Waals surface area contributed by atoms with Gasteiger partial charge in [0.25, 0.3) is 11.8 Å². The van der Waals surface area contributed by atoms with E-state index in [4.69, 9.17) is 26.1 Å². The third-order valence-electron chi connectivity index (χ3n) is 11.0. The van der Waals surface area contributed by atoms with Gasteiger partial charge in [-0.25, -0.2) is 9.97 Å². The van der Waals surface area contributed by atoms with Gasteiger partial charge in [-0.2, -0.15) is 5.26 Å². The van der Waals surface area contributed by atoms with E-state index in [1.807, 2.05) is 62.5 Å². The predicted octanol–water partition coefficient (Wildman–Crippen LogP) is 7.81. The molecule has 4 aliphatic rings. The van der Waals surface area contributed by atoms with Gasteiger partial charge in [-0.3, -0.25) is 9.59 Å². The fraction of sp³-hybridized carbons (Fsp3) is 0.159. The predicted molar refractivity (Wildman–Crippen MR) is 224 cm³/mol. The Kier molecular flexibility index (Phi) is 8.31. The number of rotatable bonds is 6. The van der Waals surface area contributed by atoms with Gasteiger partial charge >= 0.3 is 0 Å². The number of pyridine rings is 2. The van der Waals surface area contributed by atoms with Gasteiger partial charge in [0.15, 0.2) is 0 Å². The summed E-state index contributed by atoms with van der Waals surface area (Å²) in [7, 11) is 0. The Labute approximate surface area is 337 Å². The number of carbonyl (C=O) groups excluding carboxylic acids is 2. The van der Waals surface area contributed by atoms with E-state index in [1.165, 1.54) is 0 Å². The van der Waals surface area contributed by atoms with E-state index in [0.717, 1.165) is 72.8 Å². The summed E-state index contributed by atoms with van der Waals surface area (Å²) in [6, 6.07) is 15.5.